The van der Waals surface area contributed by atoms with Crippen LogP contribution in [0.4, 0.5) is 0 Å². The zero-order valence-electron chi connectivity index (χ0n) is 16.8. The Hall–Kier alpha value is -3.12. The van der Waals surface area contributed by atoms with E-state index in [1.807, 2.05) is 55.5 Å². The molecule has 0 aliphatic carbocycles. The third-order valence-electron chi connectivity index (χ3n) is 4.78. The van der Waals surface area contributed by atoms with Crippen molar-refractivity contribution in [3.8, 4) is 0 Å². The number of hydrogen-bond acceptors (Lipinski definition) is 5. The van der Waals surface area contributed by atoms with Crippen molar-refractivity contribution in [2.45, 2.75) is 32.5 Å². The monoisotopic (exact) mass is 395 g/mol. The van der Waals surface area contributed by atoms with E-state index in [1.54, 1.807) is 20.1 Å². The Morgan fingerprint density at radius 3 is 2.45 bits per heavy atom. The SMILES string of the molecule is COCc1c(C(=O)O[C@@H](C)C(=O)NC[C@@H](C)c2ccccc2)oc2ccccc12. The minimum atomic E-state index is -0.950. The molecule has 1 amide bonds. The fourth-order valence-corrected chi connectivity index (χ4v) is 3.12. The van der Waals surface area contributed by atoms with Crippen LogP contribution in [0.5, 0.6) is 0 Å². The average Bonchev–Trinajstić information content (AvgIpc) is 3.11. The smallest absolute Gasteiger partial charge is 0.375 e. The van der Waals surface area contributed by atoms with Gasteiger partial charge in [0.1, 0.15) is 5.58 Å². The third-order valence-corrected chi connectivity index (χ3v) is 4.78. The molecule has 0 saturated carbocycles. The van der Waals surface area contributed by atoms with Crippen LogP contribution in [0, 0.1) is 0 Å². The number of methoxy groups -OCH3 is 1. The Kier molecular flexibility index (Phi) is 6.67. The van der Waals surface area contributed by atoms with E-state index in [-0.39, 0.29) is 24.2 Å². The highest BCUT2D eigenvalue weighted by Gasteiger charge is 2.26. The van der Waals surface area contributed by atoms with Crippen LogP contribution in [-0.4, -0.2) is 31.6 Å². The lowest BCUT2D eigenvalue weighted by Gasteiger charge is -2.16. The van der Waals surface area contributed by atoms with Gasteiger partial charge in [-0.05, 0) is 24.5 Å². The molecule has 1 heterocycles. The zero-order chi connectivity index (χ0) is 20.8. The maximum Gasteiger partial charge on any atom is 0.375 e. The summed E-state index contributed by atoms with van der Waals surface area (Å²) < 4.78 is 16.2. The van der Waals surface area contributed by atoms with Crippen molar-refractivity contribution < 1.29 is 23.5 Å². The number of benzene rings is 2. The maximum atomic E-state index is 12.6. The van der Waals surface area contributed by atoms with Gasteiger partial charge in [0.15, 0.2) is 6.10 Å². The van der Waals surface area contributed by atoms with E-state index in [1.165, 1.54) is 0 Å². The van der Waals surface area contributed by atoms with Crippen molar-refractivity contribution in [3.63, 3.8) is 0 Å². The van der Waals surface area contributed by atoms with Crippen molar-refractivity contribution in [3.05, 3.63) is 71.5 Å². The van der Waals surface area contributed by atoms with E-state index >= 15 is 0 Å². The Bertz CT molecular complexity index is 979. The van der Waals surface area contributed by atoms with E-state index in [0.29, 0.717) is 17.7 Å². The van der Waals surface area contributed by atoms with Gasteiger partial charge in [0.2, 0.25) is 5.76 Å². The van der Waals surface area contributed by atoms with Gasteiger partial charge >= 0.3 is 5.97 Å². The Balaban J connectivity index is 1.63. The third kappa shape index (κ3) is 4.84. The Morgan fingerprint density at radius 1 is 1.03 bits per heavy atom. The zero-order valence-corrected chi connectivity index (χ0v) is 16.8. The van der Waals surface area contributed by atoms with Crippen LogP contribution in [0.25, 0.3) is 11.0 Å². The normalized spacial score (nSPS) is 13.1. The molecule has 6 heteroatoms. The van der Waals surface area contributed by atoms with Gasteiger partial charge in [-0.25, -0.2) is 4.79 Å². The first-order valence-corrected chi connectivity index (χ1v) is 9.54. The van der Waals surface area contributed by atoms with Crippen molar-refractivity contribution in [2.75, 3.05) is 13.7 Å². The molecule has 3 rings (SSSR count). The summed E-state index contributed by atoms with van der Waals surface area (Å²) in [4.78, 5) is 25.0. The molecule has 6 nitrogen and oxygen atoms in total. The van der Waals surface area contributed by atoms with Gasteiger partial charge in [-0.1, -0.05) is 55.5 Å². The molecular weight excluding hydrogens is 370 g/mol. The Morgan fingerprint density at radius 2 is 1.72 bits per heavy atom. The summed E-state index contributed by atoms with van der Waals surface area (Å²) in [6, 6.07) is 17.2. The predicted octanol–water partition coefficient (Wildman–Crippen LogP) is 4.04. The molecule has 152 valence electrons. The van der Waals surface area contributed by atoms with Crippen LogP contribution in [0.3, 0.4) is 0 Å². The number of nitrogens with one attached hydrogen (secondary N) is 1. The van der Waals surface area contributed by atoms with Gasteiger partial charge in [-0.3, -0.25) is 4.79 Å². The van der Waals surface area contributed by atoms with Gasteiger partial charge < -0.3 is 19.2 Å². The fraction of sp³-hybridized carbons (Fsp3) is 0.304. The lowest BCUT2D eigenvalue weighted by Crippen LogP contribution is -2.37. The topological polar surface area (TPSA) is 77.8 Å². The summed E-state index contributed by atoms with van der Waals surface area (Å²) in [7, 11) is 1.54. The fourth-order valence-electron chi connectivity index (χ4n) is 3.12. The summed E-state index contributed by atoms with van der Waals surface area (Å²) in [5, 5.41) is 3.62. The molecule has 0 bridgehead atoms. The van der Waals surface area contributed by atoms with Gasteiger partial charge in [0, 0.05) is 24.6 Å². The summed E-state index contributed by atoms with van der Waals surface area (Å²) in [6.07, 6.45) is -0.950. The largest absolute Gasteiger partial charge is 0.449 e. The van der Waals surface area contributed by atoms with Crippen molar-refractivity contribution >= 4 is 22.8 Å². The number of carbonyl (C=O) groups is 2. The first-order chi connectivity index (χ1) is 14.0. The molecule has 0 spiro atoms. The first-order valence-electron chi connectivity index (χ1n) is 9.54. The molecule has 1 N–H and O–H groups in total. The highest BCUT2D eigenvalue weighted by molar-refractivity contribution is 5.97. The predicted molar refractivity (Wildman–Crippen MR) is 110 cm³/mol. The van der Waals surface area contributed by atoms with Crippen molar-refractivity contribution in [1.82, 2.24) is 5.32 Å². The molecule has 2 atom stereocenters. The maximum absolute atomic E-state index is 12.6. The van der Waals surface area contributed by atoms with Crippen LogP contribution < -0.4 is 5.32 Å². The highest BCUT2D eigenvalue weighted by Crippen LogP contribution is 2.27. The molecule has 2 aromatic carbocycles. The average molecular weight is 395 g/mol. The Labute approximate surface area is 169 Å². The molecule has 0 aliphatic heterocycles. The molecule has 0 radical (unpaired) electrons. The number of ether oxygens (including phenoxy) is 2. The molecule has 3 aromatic rings. The quantitative estimate of drug-likeness (QED) is 0.583. The summed E-state index contributed by atoms with van der Waals surface area (Å²) in [6.45, 7) is 4.22. The number of para-hydroxylation sites is 1. The van der Waals surface area contributed by atoms with E-state index in [2.05, 4.69) is 5.32 Å². The number of fused-ring (bicyclic) bond motifs is 1. The van der Waals surface area contributed by atoms with Crippen LogP contribution >= 0.6 is 0 Å². The lowest BCUT2D eigenvalue weighted by atomic mass is 10.0. The number of esters is 1. The second kappa shape index (κ2) is 9.39. The van der Waals surface area contributed by atoms with Crippen LogP contribution in [0.15, 0.2) is 59.0 Å². The van der Waals surface area contributed by atoms with Crippen LogP contribution in [0.2, 0.25) is 0 Å². The number of rotatable bonds is 8. The summed E-state index contributed by atoms with van der Waals surface area (Å²) in [5.74, 6) is -0.838. The minimum absolute atomic E-state index is 0.0605. The van der Waals surface area contributed by atoms with Crippen LogP contribution in [-0.2, 0) is 20.9 Å². The number of furan rings is 1. The number of carbonyl (C=O) groups excluding carboxylic acids is 2. The van der Waals surface area contributed by atoms with E-state index in [4.69, 9.17) is 13.9 Å². The summed E-state index contributed by atoms with van der Waals surface area (Å²) >= 11 is 0. The standard InChI is InChI=1S/C23H25NO5/c1-15(17-9-5-4-6-10-17)13-24-22(25)16(2)28-23(26)21-19(14-27-3)18-11-7-8-12-20(18)29-21/h4-12,15-16H,13-14H2,1-3H3,(H,24,25)/t15-,16+/m1/s1. The second-order valence-corrected chi connectivity index (χ2v) is 6.94. The number of amides is 1. The molecular formula is C23H25NO5. The first kappa shape index (κ1) is 20.6. The number of hydrogen-bond donors (Lipinski definition) is 1. The molecule has 0 aliphatic rings. The van der Waals surface area contributed by atoms with E-state index in [0.717, 1.165) is 10.9 Å². The van der Waals surface area contributed by atoms with Gasteiger partial charge in [0.05, 0.1) is 6.61 Å². The van der Waals surface area contributed by atoms with Crippen molar-refractivity contribution in [2.24, 2.45) is 0 Å². The molecule has 0 fully saturated rings. The molecule has 1 aromatic heterocycles. The highest BCUT2D eigenvalue weighted by atomic mass is 16.6. The van der Waals surface area contributed by atoms with Crippen LogP contribution in [0.1, 0.15) is 41.4 Å². The molecule has 0 unspecified atom stereocenters. The van der Waals surface area contributed by atoms with E-state index in [9.17, 15) is 9.59 Å². The van der Waals surface area contributed by atoms with Crippen molar-refractivity contribution in [1.29, 1.82) is 0 Å². The second-order valence-electron chi connectivity index (χ2n) is 6.94. The minimum Gasteiger partial charge on any atom is -0.449 e. The lowest BCUT2D eigenvalue weighted by molar-refractivity contribution is -0.129. The summed E-state index contributed by atoms with van der Waals surface area (Å²) in [5.41, 5.74) is 2.31. The molecule has 0 saturated heterocycles. The van der Waals surface area contributed by atoms with Gasteiger partial charge in [-0.2, -0.15) is 0 Å². The van der Waals surface area contributed by atoms with Gasteiger partial charge in [0.25, 0.3) is 5.91 Å². The van der Waals surface area contributed by atoms with Gasteiger partial charge in [-0.15, -0.1) is 0 Å². The van der Waals surface area contributed by atoms with E-state index < -0.39 is 12.1 Å². The molecule has 29 heavy (non-hydrogen) atoms.